The van der Waals surface area contributed by atoms with E-state index in [0.717, 1.165) is 26.0 Å². The average Bonchev–Trinajstić information content (AvgIpc) is 3.06. The smallest absolute Gasteiger partial charge is 0.317 e. The van der Waals surface area contributed by atoms with Crippen molar-refractivity contribution < 1.29 is 4.79 Å². The Morgan fingerprint density at radius 1 is 1.12 bits per heavy atom. The molecule has 128 valence electrons. The van der Waals surface area contributed by atoms with Crippen LogP contribution < -0.4 is 5.32 Å². The third kappa shape index (κ3) is 4.71. The van der Waals surface area contributed by atoms with Gasteiger partial charge in [0.1, 0.15) is 0 Å². The van der Waals surface area contributed by atoms with E-state index in [1.54, 1.807) is 16.2 Å². The van der Waals surface area contributed by atoms with E-state index in [9.17, 15) is 4.79 Å². The lowest BCUT2D eigenvalue weighted by atomic mass is 9.99. The summed E-state index contributed by atoms with van der Waals surface area (Å²) in [4.78, 5) is 15.2. The van der Waals surface area contributed by atoms with Crippen LogP contribution in [0.2, 0.25) is 0 Å². The number of hydrogen-bond donors (Lipinski definition) is 1. The summed E-state index contributed by atoms with van der Waals surface area (Å²) >= 11 is 5.06. The first-order chi connectivity index (χ1) is 12.1. The average molecular weight is 415 g/mol. The fourth-order valence-electron chi connectivity index (χ4n) is 2.63. The summed E-state index contributed by atoms with van der Waals surface area (Å²) in [6.07, 6.45) is 0. The minimum absolute atomic E-state index is 0.0765. The number of thiophene rings is 1. The second-order valence-electron chi connectivity index (χ2n) is 5.77. The third-order valence-electron chi connectivity index (χ3n) is 3.89. The minimum atomic E-state index is -0.0765. The van der Waals surface area contributed by atoms with Crippen LogP contribution >= 0.6 is 27.3 Å². The molecule has 0 aliphatic carbocycles. The molecule has 0 fully saturated rings. The van der Waals surface area contributed by atoms with Crippen LogP contribution in [0.15, 0.2) is 70.5 Å². The van der Waals surface area contributed by atoms with Crippen molar-refractivity contribution in [1.29, 1.82) is 0 Å². The number of hydrogen-bond acceptors (Lipinski definition) is 2. The zero-order valence-electron chi connectivity index (χ0n) is 13.9. The predicted molar refractivity (Wildman–Crippen MR) is 108 cm³/mol. The number of amides is 2. The number of nitrogens with zero attached hydrogens (tertiary/aromatic N) is 1. The summed E-state index contributed by atoms with van der Waals surface area (Å²) < 4.78 is 1.05. The maximum absolute atomic E-state index is 12.4. The summed E-state index contributed by atoms with van der Waals surface area (Å²) in [5.74, 6) is 0. The van der Waals surface area contributed by atoms with Gasteiger partial charge in [0.2, 0.25) is 0 Å². The molecule has 25 heavy (non-hydrogen) atoms. The molecule has 1 aromatic heterocycles. The largest absolute Gasteiger partial charge is 0.333 e. The molecule has 0 spiro atoms. The molecule has 1 N–H and O–H groups in total. The van der Waals surface area contributed by atoms with E-state index in [2.05, 4.69) is 45.5 Å². The summed E-state index contributed by atoms with van der Waals surface area (Å²) in [5, 5.41) is 4.98. The minimum Gasteiger partial charge on any atom is -0.333 e. The number of carbonyl (C=O) groups is 1. The van der Waals surface area contributed by atoms with Crippen LogP contribution in [0.3, 0.4) is 0 Å². The Morgan fingerprint density at radius 3 is 2.56 bits per heavy atom. The molecular formula is C20H19BrN2OS. The van der Waals surface area contributed by atoms with E-state index in [4.69, 9.17) is 0 Å². The molecule has 0 saturated heterocycles. The van der Waals surface area contributed by atoms with Crippen LogP contribution in [0.5, 0.6) is 0 Å². The van der Waals surface area contributed by atoms with Crippen LogP contribution in [-0.2, 0) is 13.1 Å². The molecule has 2 amide bonds. The Morgan fingerprint density at radius 2 is 1.84 bits per heavy atom. The van der Waals surface area contributed by atoms with Crippen molar-refractivity contribution in [2.24, 2.45) is 0 Å². The van der Waals surface area contributed by atoms with Crippen LogP contribution in [-0.4, -0.2) is 18.0 Å². The number of rotatable bonds is 5. The molecule has 0 radical (unpaired) electrons. The molecule has 0 aliphatic heterocycles. The SMILES string of the molecule is CN(Cc1ccccc1-c1ccccc1)C(=O)NCc1cc(Br)cs1. The maximum atomic E-state index is 12.4. The molecule has 0 unspecified atom stereocenters. The number of halogens is 1. The first-order valence-corrected chi connectivity index (χ1v) is 9.66. The van der Waals surface area contributed by atoms with Gasteiger partial charge in [-0.05, 0) is 38.7 Å². The lowest BCUT2D eigenvalue weighted by molar-refractivity contribution is 0.206. The highest BCUT2D eigenvalue weighted by Crippen LogP contribution is 2.24. The fraction of sp³-hybridized carbons (Fsp3) is 0.150. The first kappa shape index (κ1) is 17.7. The molecule has 3 aromatic rings. The van der Waals surface area contributed by atoms with Gasteiger partial charge < -0.3 is 10.2 Å². The van der Waals surface area contributed by atoms with E-state index in [-0.39, 0.29) is 6.03 Å². The van der Waals surface area contributed by atoms with E-state index < -0.39 is 0 Å². The van der Waals surface area contributed by atoms with E-state index in [0.29, 0.717) is 13.1 Å². The van der Waals surface area contributed by atoms with Gasteiger partial charge in [-0.25, -0.2) is 4.79 Å². The molecule has 0 atom stereocenters. The van der Waals surface area contributed by atoms with Gasteiger partial charge in [0, 0.05) is 28.3 Å². The Labute approximate surface area is 160 Å². The van der Waals surface area contributed by atoms with Gasteiger partial charge in [-0.2, -0.15) is 0 Å². The lowest BCUT2D eigenvalue weighted by Crippen LogP contribution is -2.36. The van der Waals surface area contributed by atoms with Crippen molar-refractivity contribution in [3.05, 3.63) is 81.0 Å². The summed E-state index contributed by atoms with van der Waals surface area (Å²) in [6, 6.07) is 20.4. The monoisotopic (exact) mass is 414 g/mol. The summed E-state index contributed by atoms with van der Waals surface area (Å²) in [6.45, 7) is 1.10. The van der Waals surface area contributed by atoms with E-state index in [1.807, 2.05) is 48.8 Å². The van der Waals surface area contributed by atoms with Crippen molar-refractivity contribution in [3.8, 4) is 11.1 Å². The first-order valence-electron chi connectivity index (χ1n) is 7.98. The number of carbonyl (C=O) groups excluding carboxylic acids is 1. The molecular weight excluding hydrogens is 396 g/mol. The molecule has 0 aliphatic rings. The Hall–Kier alpha value is -2.11. The molecule has 1 heterocycles. The van der Waals surface area contributed by atoms with Crippen molar-refractivity contribution >= 4 is 33.3 Å². The van der Waals surface area contributed by atoms with Gasteiger partial charge in [0.05, 0.1) is 6.54 Å². The number of nitrogens with one attached hydrogen (secondary N) is 1. The Bertz CT molecular complexity index is 848. The second kappa shape index (κ2) is 8.32. The van der Waals surface area contributed by atoms with Gasteiger partial charge in [0.15, 0.2) is 0 Å². The summed E-state index contributed by atoms with van der Waals surface area (Å²) in [5.41, 5.74) is 3.45. The van der Waals surface area contributed by atoms with Gasteiger partial charge in [-0.3, -0.25) is 0 Å². The van der Waals surface area contributed by atoms with E-state index >= 15 is 0 Å². The molecule has 2 aromatic carbocycles. The quantitative estimate of drug-likeness (QED) is 0.585. The van der Waals surface area contributed by atoms with Crippen molar-refractivity contribution in [1.82, 2.24) is 10.2 Å². The van der Waals surface area contributed by atoms with Crippen LogP contribution in [0.25, 0.3) is 11.1 Å². The third-order valence-corrected chi connectivity index (χ3v) is 5.59. The Kier molecular flexibility index (Phi) is 5.89. The Balaban J connectivity index is 1.66. The molecule has 0 bridgehead atoms. The van der Waals surface area contributed by atoms with Gasteiger partial charge >= 0.3 is 6.03 Å². The molecule has 0 saturated carbocycles. The van der Waals surface area contributed by atoms with Crippen molar-refractivity contribution in [2.75, 3.05) is 7.05 Å². The second-order valence-corrected chi connectivity index (χ2v) is 7.68. The normalized spacial score (nSPS) is 10.5. The van der Waals surface area contributed by atoms with Crippen molar-refractivity contribution in [3.63, 3.8) is 0 Å². The zero-order chi connectivity index (χ0) is 17.6. The molecule has 3 rings (SSSR count). The molecule has 3 nitrogen and oxygen atoms in total. The van der Waals surface area contributed by atoms with Crippen LogP contribution in [0.1, 0.15) is 10.4 Å². The van der Waals surface area contributed by atoms with Crippen molar-refractivity contribution in [2.45, 2.75) is 13.1 Å². The van der Waals surface area contributed by atoms with Gasteiger partial charge in [-0.15, -0.1) is 11.3 Å². The van der Waals surface area contributed by atoms with Gasteiger partial charge in [-0.1, -0.05) is 54.6 Å². The number of benzene rings is 2. The highest BCUT2D eigenvalue weighted by atomic mass is 79.9. The predicted octanol–water partition coefficient (Wildman–Crippen LogP) is 5.52. The highest BCUT2D eigenvalue weighted by molar-refractivity contribution is 9.10. The fourth-order valence-corrected chi connectivity index (χ4v) is 4.02. The topological polar surface area (TPSA) is 32.3 Å². The highest BCUT2D eigenvalue weighted by Gasteiger charge is 2.12. The lowest BCUT2D eigenvalue weighted by Gasteiger charge is -2.20. The van der Waals surface area contributed by atoms with Gasteiger partial charge in [0.25, 0.3) is 0 Å². The zero-order valence-corrected chi connectivity index (χ0v) is 16.3. The molecule has 5 heteroatoms. The summed E-state index contributed by atoms with van der Waals surface area (Å²) in [7, 11) is 1.82. The maximum Gasteiger partial charge on any atom is 0.317 e. The standard InChI is InChI=1S/C20H19BrN2OS/c1-23(20(24)22-12-18-11-17(21)14-25-18)13-16-9-5-6-10-19(16)15-7-3-2-4-8-15/h2-11,14H,12-13H2,1H3,(H,22,24). The van der Waals surface area contributed by atoms with E-state index in [1.165, 1.54) is 0 Å². The van der Waals surface area contributed by atoms with Crippen LogP contribution in [0.4, 0.5) is 4.79 Å². The number of urea groups is 1. The van der Waals surface area contributed by atoms with Crippen LogP contribution in [0, 0.1) is 0 Å².